The molecule has 0 aliphatic rings. The lowest BCUT2D eigenvalue weighted by Crippen LogP contribution is -2.21. The number of carbonyl (C=O) groups excluding carboxylic acids is 1. The summed E-state index contributed by atoms with van der Waals surface area (Å²) >= 11 is 0. The molecule has 0 saturated heterocycles. The Morgan fingerprint density at radius 2 is 1.71 bits per heavy atom. The predicted octanol–water partition coefficient (Wildman–Crippen LogP) is 1.41. The second-order valence-electron chi connectivity index (χ2n) is 4.99. The van der Waals surface area contributed by atoms with E-state index in [4.69, 9.17) is 14.2 Å². The number of hydrogen-bond acceptors (Lipinski definition) is 6. The molecule has 0 bridgehead atoms. The van der Waals surface area contributed by atoms with E-state index in [0.29, 0.717) is 22.8 Å². The van der Waals surface area contributed by atoms with Crippen LogP contribution in [0.1, 0.15) is 10.4 Å². The summed E-state index contributed by atoms with van der Waals surface area (Å²) in [5, 5.41) is 11.0. The summed E-state index contributed by atoms with van der Waals surface area (Å²) in [6.45, 7) is 0. The molecule has 0 N–H and O–H groups in total. The lowest BCUT2D eigenvalue weighted by atomic mass is 10.2. The Morgan fingerprint density at radius 1 is 1.04 bits per heavy atom. The zero-order valence-electron chi connectivity index (χ0n) is 13.4. The zero-order valence-corrected chi connectivity index (χ0v) is 13.4. The minimum absolute atomic E-state index is 0.0812. The van der Waals surface area contributed by atoms with Crippen LogP contribution in [-0.2, 0) is 0 Å². The number of ether oxygens (including phenoxy) is 3. The average Bonchev–Trinajstić information content (AvgIpc) is 3.03. The first kappa shape index (κ1) is 15.7. The number of carboxylic acid groups (broad SMARTS) is 1. The third-order valence-electron chi connectivity index (χ3n) is 3.71. The Bertz CT molecular complexity index is 891. The molecule has 24 heavy (non-hydrogen) atoms. The number of rotatable bonds is 5. The summed E-state index contributed by atoms with van der Waals surface area (Å²) < 4.78 is 17.8. The molecule has 0 aliphatic carbocycles. The second kappa shape index (κ2) is 6.11. The summed E-state index contributed by atoms with van der Waals surface area (Å²) in [7, 11) is 4.62. The molecule has 1 heterocycles. The topological polar surface area (TPSA) is 85.6 Å². The van der Waals surface area contributed by atoms with Crippen LogP contribution in [0.15, 0.2) is 36.7 Å². The lowest BCUT2D eigenvalue weighted by Gasteiger charge is -2.15. The van der Waals surface area contributed by atoms with E-state index in [1.807, 2.05) is 0 Å². The Morgan fingerprint density at radius 3 is 2.25 bits per heavy atom. The molecule has 0 radical (unpaired) electrons. The van der Waals surface area contributed by atoms with Crippen LogP contribution in [0.25, 0.3) is 16.7 Å². The number of nitrogens with zero attached hydrogens (tertiary/aromatic N) is 2. The largest absolute Gasteiger partial charge is 0.545 e. The maximum absolute atomic E-state index is 11.0. The highest BCUT2D eigenvalue weighted by Crippen LogP contribution is 2.39. The van der Waals surface area contributed by atoms with Gasteiger partial charge in [0.2, 0.25) is 5.75 Å². The van der Waals surface area contributed by atoms with E-state index >= 15 is 0 Å². The fourth-order valence-corrected chi connectivity index (χ4v) is 2.55. The first-order valence-corrected chi connectivity index (χ1v) is 7.08. The molecule has 0 saturated carbocycles. The van der Waals surface area contributed by atoms with Gasteiger partial charge in [0.25, 0.3) is 0 Å². The summed E-state index contributed by atoms with van der Waals surface area (Å²) in [5.41, 5.74) is 2.12. The van der Waals surface area contributed by atoms with E-state index < -0.39 is 5.97 Å². The van der Waals surface area contributed by atoms with E-state index in [-0.39, 0.29) is 5.56 Å². The van der Waals surface area contributed by atoms with Crippen LogP contribution >= 0.6 is 0 Å². The van der Waals surface area contributed by atoms with E-state index in [1.54, 1.807) is 43.3 Å². The molecular formula is C17H15N2O5-. The molecule has 7 heteroatoms. The summed E-state index contributed by atoms with van der Waals surface area (Å²) in [6, 6.07) is 8.20. The van der Waals surface area contributed by atoms with Crippen molar-refractivity contribution in [1.82, 2.24) is 9.55 Å². The normalized spacial score (nSPS) is 10.6. The van der Waals surface area contributed by atoms with Gasteiger partial charge >= 0.3 is 0 Å². The van der Waals surface area contributed by atoms with Gasteiger partial charge in [-0.3, -0.25) is 4.57 Å². The molecule has 0 fully saturated rings. The molecular weight excluding hydrogens is 312 g/mol. The monoisotopic (exact) mass is 327 g/mol. The average molecular weight is 327 g/mol. The van der Waals surface area contributed by atoms with Crippen LogP contribution in [0.3, 0.4) is 0 Å². The van der Waals surface area contributed by atoms with Gasteiger partial charge < -0.3 is 24.1 Å². The number of imidazole rings is 1. The summed E-state index contributed by atoms with van der Waals surface area (Å²) in [4.78, 5) is 15.2. The molecule has 0 amide bonds. The molecule has 2 aromatic carbocycles. The van der Waals surface area contributed by atoms with E-state index in [1.165, 1.54) is 19.2 Å². The number of aromatic nitrogens is 2. The Labute approximate surface area is 138 Å². The molecule has 124 valence electrons. The van der Waals surface area contributed by atoms with Crippen molar-refractivity contribution >= 4 is 17.0 Å². The van der Waals surface area contributed by atoms with Crippen molar-refractivity contribution in [3.8, 4) is 22.9 Å². The van der Waals surface area contributed by atoms with E-state index in [0.717, 1.165) is 11.2 Å². The molecule has 0 aliphatic heterocycles. The van der Waals surface area contributed by atoms with Crippen LogP contribution in [-0.4, -0.2) is 36.8 Å². The summed E-state index contributed by atoms with van der Waals surface area (Å²) in [6.07, 6.45) is 1.60. The fraction of sp³-hybridized carbons (Fsp3) is 0.176. The minimum Gasteiger partial charge on any atom is -0.545 e. The van der Waals surface area contributed by atoms with Gasteiger partial charge in [0.15, 0.2) is 11.5 Å². The third kappa shape index (κ3) is 2.50. The van der Waals surface area contributed by atoms with Crippen molar-refractivity contribution in [2.24, 2.45) is 0 Å². The standard InChI is InChI=1S/C17H16N2O5/c1-22-14-7-11(8-15(23-2)16(14)24-3)19-9-18-12-6-10(17(20)21)4-5-13(12)19/h4-9H,1-3H3,(H,20,21)/p-1. The van der Waals surface area contributed by atoms with Gasteiger partial charge in [-0.1, -0.05) is 6.07 Å². The Kier molecular flexibility index (Phi) is 3.99. The fourth-order valence-electron chi connectivity index (χ4n) is 2.55. The van der Waals surface area contributed by atoms with Crippen molar-refractivity contribution in [3.05, 3.63) is 42.2 Å². The molecule has 3 rings (SSSR count). The molecule has 7 nitrogen and oxygen atoms in total. The third-order valence-corrected chi connectivity index (χ3v) is 3.71. The number of fused-ring (bicyclic) bond motifs is 1. The van der Waals surface area contributed by atoms with Gasteiger partial charge in [-0.25, -0.2) is 4.98 Å². The van der Waals surface area contributed by atoms with E-state index in [9.17, 15) is 9.90 Å². The van der Waals surface area contributed by atoms with Gasteiger partial charge in [-0.15, -0.1) is 0 Å². The summed E-state index contributed by atoms with van der Waals surface area (Å²) in [5.74, 6) is 0.284. The number of methoxy groups -OCH3 is 3. The quantitative estimate of drug-likeness (QED) is 0.704. The predicted molar refractivity (Wildman–Crippen MR) is 85.1 cm³/mol. The van der Waals surface area contributed by atoms with Gasteiger partial charge in [0.05, 0.1) is 44.0 Å². The van der Waals surface area contributed by atoms with Crippen LogP contribution in [0, 0.1) is 0 Å². The number of aromatic carboxylic acids is 1. The van der Waals surface area contributed by atoms with Crippen LogP contribution in [0.5, 0.6) is 17.2 Å². The number of hydrogen-bond donors (Lipinski definition) is 0. The maximum atomic E-state index is 11.0. The Hall–Kier alpha value is -3.22. The second-order valence-corrected chi connectivity index (χ2v) is 4.99. The van der Waals surface area contributed by atoms with Crippen molar-refractivity contribution in [2.45, 2.75) is 0 Å². The zero-order chi connectivity index (χ0) is 17.3. The van der Waals surface area contributed by atoms with Crippen molar-refractivity contribution < 1.29 is 24.1 Å². The maximum Gasteiger partial charge on any atom is 0.203 e. The number of carbonyl (C=O) groups is 1. The van der Waals surface area contributed by atoms with Crippen molar-refractivity contribution in [1.29, 1.82) is 0 Å². The lowest BCUT2D eigenvalue weighted by molar-refractivity contribution is -0.255. The highest BCUT2D eigenvalue weighted by molar-refractivity contribution is 5.91. The highest BCUT2D eigenvalue weighted by Gasteiger charge is 2.15. The number of carboxylic acids is 1. The molecule has 3 aromatic rings. The van der Waals surface area contributed by atoms with Gasteiger partial charge in [-0.2, -0.15) is 0 Å². The van der Waals surface area contributed by atoms with Gasteiger partial charge in [-0.05, 0) is 17.7 Å². The minimum atomic E-state index is -1.24. The van der Waals surface area contributed by atoms with Gasteiger partial charge in [0.1, 0.15) is 6.33 Å². The molecule has 1 aromatic heterocycles. The first-order chi connectivity index (χ1) is 11.6. The van der Waals surface area contributed by atoms with Crippen molar-refractivity contribution in [2.75, 3.05) is 21.3 Å². The Balaban J connectivity index is 2.18. The van der Waals surface area contributed by atoms with Gasteiger partial charge in [0, 0.05) is 12.1 Å². The molecule has 0 spiro atoms. The first-order valence-electron chi connectivity index (χ1n) is 7.08. The van der Waals surface area contributed by atoms with E-state index in [2.05, 4.69) is 4.98 Å². The van der Waals surface area contributed by atoms with Crippen LogP contribution in [0.4, 0.5) is 0 Å². The smallest absolute Gasteiger partial charge is 0.203 e. The van der Waals surface area contributed by atoms with Crippen molar-refractivity contribution in [3.63, 3.8) is 0 Å². The number of benzene rings is 2. The molecule has 0 unspecified atom stereocenters. The van der Waals surface area contributed by atoms with Crippen LogP contribution < -0.4 is 19.3 Å². The SMILES string of the molecule is COc1cc(-n2cnc3cc(C(=O)[O-])ccc32)cc(OC)c1OC. The highest BCUT2D eigenvalue weighted by atomic mass is 16.5. The molecule has 0 atom stereocenters. The van der Waals surface area contributed by atoms with Crippen LogP contribution in [0.2, 0.25) is 0 Å².